The largest absolute Gasteiger partial charge is 0.481 e. The molecule has 4 N–H and O–H groups in total. The van der Waals surface area contributed by atoms with Crippen LogP contribution in [0.1, 0.15) is 17.5 Å². The van der Waals surface area contributed by atoms with E-state index in [9.17, 15) is 27.6 Å². The summed E-state index contributed by atoms with van der Waals surface area (Å²) in [5, 5.41) is 13.7. The van der Waals surface area contributed by atoms with E-state index in [1.165, 1.54) is 24.3 Å². The van der Waals surface area contributed by atoms with Crippen molar-refractivity contribution in [1.29, 1.82) is 0 Å². The molecule has 0 saturated heterocycles. The maximum absolute atomic E-state index is 12.8. The van der Waals surface area contributed by atoms with Crippen molar-refractivity contribution < 1.29 is 50.9 Å². The van der Waals surface area contributed by atoms with Gasteiger partial charge >= 0.3 is 28.4 Å². The molecule has 0 bridgehead atoms. The molecular weight excluding hydrogens is 500 g/mol. The Hall–Kier alpha value is -4.17. The molecule has 0 aliphatic carbocycles. The van der Waals surface area contributed by atoms with Gasteiger partial charge in [0.2, 0.25) is 5.91 Å². The van der Waals surface area contributed by atoms with Crippen LogP contribution in [-0.4, -0.2) is 61.2 Å². The number of hydrogen-bond acceptors (Lipinski definition) is 9. The Morgan fingerprint density at radius 3 is 2.11 bits per heavy atom. The number of carboxylic acids is 1. The number of alkyl carbamates (subject to hydrolysis) is 1. The summed E-state index contributed by atoms with van der Waals surface area (Å²) in [5.41, 5.74) is 1.10. The molecule has 0 saturated carbocycles. The van der Waals surface area contributed by atoms with Crippen LogP contribution in [0.3, 0.4) is 0 Å². The van der Waals surface area contributed by atoms with E-state index < -0.39 is 52.8 Å². The van der Waals surface area contributed by atoms with Gasteiger partial charge in [-0.1, -0.05) is 42.5 Å². The number of benzene rings is 2. The maximum atomic E-state index is 12.8. The van der Waals surface area contributed by atoms with Gasteiger partial charge in [0.15, 0.2) is 0 Å². The van der Waals surface area contributed by atoms with Crippen molar-refractivity contribution in [3.63, 3.8) is 0 Å². The third-order valence-electron chi connectivity index (χ3n) is 4.57. The van der Waals surface area contributed by atoms with Crippen LogP contribution >= 0.6 is 0 Å². The highest BCUT2D eigenvalue weighted by Crippen LogP contribution is 2.15. The highest BCUT2D eigenvalue weighted by Gasteiger charge is 2.29. The number of hydrogen-bond donors (Lipinski definition) is 4. The maximum Gasteiger partial charge on any atom is 0.446 e. The monoisotopic (exact) mass is 524 g/mol. The van der Waals surface area contributed by atoms with Crippen molar-refractivity contribution in [2.45, 2.75) is 31.5 Å². The Bertz CT molecular complexity index is 1170. The number of amides is 2. The minimum atomic E-state index is -4.72. The highest BCUT2D eigenvalue weighted by atomic mass is 32.3. The van der Waals surface area contributed by atoms with Gasteiger partial charge in [-0.2, -0.15) is 8.42 Å². The van der Waals surface area contributed by atoms with E-state index in [1.54, 1.807) is 30.3 Å². The lowest BCUT2D eigenvalue weighted by Gasteiger charge is -2.21. The Morgan fingerprint density at radius 2 is 1.56 bits per heavy atom. The third kappa shape index (κ3) is 9.99. The van der Waals surface area contributed by atoms with E-state index in [-0.39, 0.29) is 18.8 Å². The number of aliphatic carboxylic acids is 1. The third-order valence-corrected chi connectivity index (χ3v) is 4.97. The standard InChI is InChI=1S/C22H24N2O11S/c1-33-21(28)18(11-14-7-9-16(10-8-14)35-36(30,31)32)23-20(27)17(12-19(25)26)24-22(29)34-13-15-5-3-2-4-6-15/h2-10,17-18H,11-13H2,1H3,(H,23,27)(H,24,29)(H,25,26)(H,30,31,32)/t17-,18-/m0/s1. The van der Waals surface area contributed by atoms with Crippen molar-refractivity contribution in [2.24, 2.45) is 0 Å². The Morgan fingerprint density at radius 1 is 0.917 bits per heavy atom. The summed E-state index contributed by atoms with van der Waals surface area (Å²) >= 11 is 0. The van der Waals surface area contributed by atoms with Crippen LogP contribution in [0, 0.1) is 0 Å². The summed E-state index contributed by atoms with van der Waals surface area (Å²) in [7, 11) is -3.64. The predicted octanol–water partition coefficient (Wildman–Crippen LogP) is 0.838. The molecule has 36 heavy (non-hydrogen) atoms. The summed E-state index contributed by atoms with van der Waals surface area (Å²) in [6, 6.07) is 11.0. The van der Waals surface area contributed by atoms with Gasteiger partial charge in [-0.25, -0.2) is 9.59 Å². The molecule has 0 unspecified atom stereocenters. The lowest BCUT2D eigenvalue weighted by Crippen LogP contribution is -2.53. The molecule has 0 aliphatic heterocycles. The average Bonchev–Trinajstić information content (AvgIpc) is 2.82. The summed E-state index contributed by atoms with van der Waals surface area (Å²) in [6.45, 7) is -0.115. The van der Waals surface area contributed by atoms with Crippen molar-refractivity contribution in [3.05, 3.63) is 65.7 Å². The first-order chi connectivity index (χ1) is 17.0. The number of nitrogens with one attached hydrogen (secondary N) is 2. The molecule has 2 aromatic carbocycles. The molecule has 0 aromatic heterocycles. The molecule has 13 nitrogen and oxygen atoms in total. The van der Waals surface area contributed by atoms with Crippen molar-refractivity contribution in [3.8, 4) is 5.75 Å². The van der Waals surface area contributed by atoms with E-state index in [1.807, 2.05) is 0 Å². The van der Waals surface area contributed by atoms with Gasteiger partial charge in [0.05, 0.1) is 13.5 Å². The van der Waals surface area contributed by atoms with E-state index >= 15 is 0 Å². The zero-order valence-electron chi connectivity index (χ0n) is 18.9. The SMILES string of the molecule is COC(=O)[C@H](Cc1ccc(OS(=O)(=O)O)cc1)NC(=O)[C@H](CC(=O)O)NC(=O)OCc1ccccc1. The fourth-order valence-electron chi connectivity index (χ4n) is 2.94. The van der Waals surface area contributed by atoms with Crippen molar-refractivity contribution >= 4 is 34.3 Å². The molecule has 2 atom stereocenters. The van der Waals surface area contributed by atoms with Crippen molar-refractivity contribution in [2.75, 3.05) is 7.11 Å². The van der Waals surface area contributed by atoms with Crippen LogP contribution in [0.15, 0.2) is 54.6 Å². The molecule has 2 rings (SSSR count). The Balaban J connectivity index is 2.06. The van der Waals surface area contributed by atoms with Gasteiger partial charge in [0, 0.05) is 6.42 Å². The van der Waals surface area contributed by atoms with E-state index in [2.05, 4.69) is 19.6 Å². The predicted molar refractivity (Wildman–Crippen MR) is 122 cm³/mol. The molecule has 14 heteroatoms. The smallest absolute Gasteiger partial charge is 0.446 e. The Kier molecular flexibility index (Phi) is 10.2. The van der Waals surface area contributed by atoms with E-state index in [0.29, 0.717) is 11.1 Å². The van der Waals surface area contributed by atoms with Gasteiger partial charge in [0.25, 0.3) is 0 Å². The van der Waals surface area contributed by atoms with Crippen LogP contribution in [0.4, 0.5) is 4.79 Å². The average molecular weight is 525 g/mol. The fraction of sp³-hybridized carbons (Fsp3) is 0.273. The van der Waals surface area contributed by atoms with Crippen molar-refractivity contribution in [1.82, 2.24) is 10.6 Å². The number of rotatable bonds is 12. The quantitative estimate of drug-likeness (QED) is 0.227. The number of carbonyl (C=O) groups excluding carboxylic acids is 3. The van der Waals surface area contributed by atoms with Gasteiger partial charge < -0.3 is 29.4 Å². The number of carboxylic acid groups (broad SMARTS) is 1. The molecule has 0 fully saturated rings. The van der Waals surface area contributed by atoms with Crippen LogP contribution < -0.4 is 14.8 Å². The lowest BCUT2D eigenvalue weighted by atomic mass is 10.0. The molecule has 194 valence electrons. The first-order valence-electron chi connectivity index (χ1n) is 10.3. The Labute approximate surface area is 206 Å². The van der Waals surface area contributed by atoms with E-state index in [4.69, 9.17) is 14.4 Å². The fourth-order valence-corrected chi connectivity index (χ4v) is 3.29. The second-order valence-electron chi connectivity index (χ2n) is 7.30. The topological polar surface area (TPSA) is 195 Å². The summed E-state index contributed by atoms with van der Waals surface area (Å²) < 4.78 is 44.3. The molecule has 0 spiro atoms. The van der Waals surface area contributed by atoms with Gasteiger partial charge in [0.1, 0.15) is 24.4 Å². The normalized spacial score (nSPS) is 12.5. The zero-order chi connectivity index (χ0) is 26.7. The first kappa shape index (κ1) is 28.1. The van der Waals surface area contributed by atoms with Crippen LogP contribution in [0.5, 0.6) is 5.75 Å². The molecule has 0 aliphatic rings. The second kappa shape index (κ2) is 13.1. The van der Waals surface area contributed by atoms with Gasteiger partial charge in [-0.3, -0.25) is 14.1 Å². The highest BCUT2D eigenvalue weighted by molar-refractivity contribution is 7.81. The minimum Gasteiger partial charge on any atom is -0.481 e. The number of esters is 1. The van der Waals surface area contributed by atoms with Gasteiger partial charge in [-0.05, 0) is 23.3 Å². The summed E-state index contributed by atoms with van der Waals surface area (Å²) in [6.07, 6.45) is -1.96. The zero-order valence-corrected chi connectivity index (χ0v) is 19.8. The molecule has 2 aromatic rings. The lowest BCUT2D eigenvalue weighted by molar-refractivity contribution is -0.145. The molecule has 2 amide bonds. The summed E-state index contributed by atoms with van der Waals surface area (Å²) in [5.74, 6) is -3.42. The van der Waals surface area contributed by atoms with Crippen LogP contribution in [0.2, 0.25) is 0 Å². The number of carbonyl (C=O) groups is 4. The summed E-state index contributed by atoms with van der Waals surface area (Å²) in [4.78, 5) is 48.4. The minimum absolute atomic E-state index is 0.115. The molecular formula is C22H24N2O11S. The second-order valence-corrected chi connectivity index (χ2v) is 8.32. The van der Waals surface area contributed by atoms with Crippen LogP contribution in [-0.2, 0) is 47.3 Å². The molecule has 0 heterocycles. The first-order valence-corrected chi connectivity index (χ1v) is 11.7. The van der Waals surface area contributed by atoms with Gasteiger partial charge in [-0.15, -0.1) is 0 Å². The van der Waals surface area contributed by atoms with E-state index in [0.717, 1.165) is 7.11 Å². The molecule has 0 radical (unpaired) electrons. The number of ether oxygens (including phenoxy) is 2. The van der Waals surface area contributed by atoms with Crippen LogP contribution in [0.25, 0.3) is 0 Å². The number of methoxy groups -OCH3 is 1.